The number of carboxylic acids is 1. The third-order valence-corrected chi connectivity index (χ3v) is 5.43. The number of pyridine rings is 1. The van der Waals surface area contributed by atoms with Gasteiger partial charge in [-0.2, -0.15) is 0 Å². The summed E-state index contributed by atoms with van der Waals surface area (Å²) in [6, 6.07) is 9.44. The second-order valence-corrected chi connectivity index (χ2v) is 8.37. The van der Waals surface area contributed by atoms with Crippen molar-refractivity contribution >= 4 is 29.3 Å². The molecular weight excluding hydrogens is 358 g/mol. The normalized spacial score (nSPS) is 19.0. The van der Waals surface area contributed by atoms with Crippen LogP contribution >= 0.6 is 23.4 Å². The van der Waals surface area contributed by atoms with Gasteiger partial charge in [0.1, 0.15) is 17.4 Å². The van der Waals surface area contributed by atoms with Crippen LogP contribution in [0.2, 0.25) is 5.02 Å². The first-order chi connectivity index (χ1) is 12.0. The van der Waals surface area contributed by atoms with Crippen LogP contribution in [0.1, 0.15) is 37.3 Å². The fourth-order valence-corrected chi connectivity index (χ4v) is 3.81. The fourth-order valence-electron chi connectivity index (χ4n) is 2.72. The van der Waals surface area contributed by atoms with Crippen molar-refractivity contribution in [2.75, 3.05) is 0 Å². The summed E-state index contributed by atoms with van der Waals surface area (Å²) in [5.74, 6) is -0.360. The van der Waals surface area contributed by atoms with Crippen LogP contribution in [0.25, 0.3) is 0 Å². The first kappa shape index (κ1) is 18.1. The standard InChI is InChI=1S/C19H20ClNO3S/c1-11(2)25-18-13(4-3-7-21-18)10-24-17-6-5-12(8-16(17)20)14-9-15(14)19(22)23/h3-8,11,14-15H,9-10H2,1-2H3,(H,22,23). The van der Waals surface area contributed by atoms with Gasteiger partial charge >= 0.3 is 5.97 Å². The van der Waals surface area contributed by atoms with Gasteiger partial charge in [-0.3, -0.25) is 4.79 Å². The summed E-state index contributed by atoms with van der Waals surface area (Å²) in [7, 11) is 0. The average molecular weight is 378 g/mol. The molecule has 1 heterocycles. The van der Waals surface area contributed by atoms with Gasteiger partial charge in [-0.1, -0.05) is 37.6 Å². The van der Waals surface area contributed by atoms with Crippen LogP contribution in [0.5, 0.6) is 5.75 Å². The van der Waals surface area contributed by atoms with Crippen LogP contribution in [0.15, 0.2) is 41.6 Å². The Kier molecular flexibility index (Phi) is 5.54. The van der Waals surface area contributed by atoms with E-state index in [1.807, 2.05) is 30.3 Å². The lowest BCUT2D eigenvalue weighted by Gasteiger charge is -2.13. The lowest BCUT2D eigenvalue weighted by molar-refractivity contribution is -0.138. The number of aromatic nitrogens is 1. The molecule has 6 heteroatoms. The van der Waals surface area contributed by atoms with Gasteiger partial charge in [0.2, 0.25) is 0 Å². The highest BCUT2D eigenvalue weighted by atomic mass is 35.5. The molecule has 0 aliphatic heterocycles. The van der Waals surface area contributed by atoms with Crippen molar-refractivity contribution < 1.29 is 14.6 Å². The van der Waals surface area contributed by atoms with Gasteiger partial charge in [0, 0.05) is 17.0 Å². The van der Waals surface area contributed by atoms with Crippen molar-refractivity contribution in [3.05, 3.63) is 52.7 Å². The molecule has 4 nitrogen and oxygen atoms in total. The number of nitrogens with zero attached hydrogens (tertiary/aromatic N) is 1. The Morgan fingerprint density at radius 2 is 2.24 bits per heavy atom. The van der Waals surface area contributed by atoms with E-state index in [1.54, 1.807) is 18.0 Å². The molecule has 1 fully saturated rings. The Morgan fingerprint density at radius 3 is 2.88 bits per heavy atom. The van der Waals surface area contributed by atoms with Crippen molar-refractivity contribution in [3.63, 3.8) is 0 Å². The second-order valence-electron chi connectivity index (χ2n) is 6.40. The number of aliphatic carboxylic acids is 1. The molecule has 132 valence electrons. The molecule has 2 aromatic rings. The topological polar surface area (TPSA) is 59.4 Å². The van der Waals surface area contributed by atoms with Gasteiger partial charge in [0.15, 0.2) is 0 Å². The van der Waals surface area contributed by atoms with Gasteiger partial charge < -0.3 is 9.84 Å². The number of carboxylic acid groups (broad SMARTS) is 1. The predicted octanol–water partition coefficient (Wildman–Crippen LogP) is 5.00. The zero-order valence-electron chi connectivity index (χ0n) is 14.1. The van der Waals surface area contributed by atoms with E-state index in [9.17, 15) is 4.79 Å². The van der Waals surface area contributed by atoms with Crippen molar-refractivity contribution in [1.29, 1.82) is 0 Å². The molecule has 3 rings (SSSR count). The quantitative estimate of drug-likeness (QED) is 0.688. The number of benzene rings is 1. The Bertz CT molecular complexity index is 781. The maximum absolute atomic E-state index is 11.0. The zero-order chi connectivity index (χ0) is 18.0. The maximum Gasteiger partial charge on any atom is 0.307 e. The molecule has 1 aromatic heterocycles. The number of thioether (sulfide) groups is 1. The van der Waals surface area contributed by atoms with E-state index in [1.165, 1.54) is 0 Å². The Hall–Kier alpha value is -1.72. The van der Waals surface area contributed by atoms with E-state index >= 15 is 0 Å². The highest BCUT2D eigenvalue weighted by Crippen LogP contribution is 2.48. The molecule has 2 atom stereocenters. The fraction of sp³-hybridized carbons (Fsp3) is 0.368. The monoisotopic (exact) mass is 377 g/mol. The number of hydrogen-bond donors (Lipinski definition) is 1. The molecule has 0 bridgehead atoms. The van der Waals surface area contributed by atoms with E-state index in [0.29, 0.717) is 29.0 Å². The second kappa shape index (κ2) is 7.67. The van der Waals surface area contributed by atoms with Gasteiger partial charge in [-0.25, -0.2) is 4.98 Å². The minimum atomic E-state index is -0.742. The largest absolute Gasteiger partial charge is 0.487 e. The van der Waals surface area contributed by atoms with Gasteiger partial charge in [0.05, 0.1) is 10.9 Å². The highest BCUT2D eigenvalue weighted by Gasteiger charge is 2.44. The number of rotatable bonds is 7. The number of ether oxygens (including phenoxy) is 1. The number of halogens is 1. The molecular formula is C19H20ClNO3S. The number of hydrogen-bond acceptors (Lipinski definition) is 4. The maximum atomic E-state index is 11.0. The molecule has 1 aliphatic carbocycles. The predicted molar refractivity (Wildman–Crippen MR) is 99.5 cm³/mol. The summed E-state index contributed by atoms with van der Waals surface area (Å²) >= 11 is 8.03. The lowest BCUT2D eigenvalue weighted by atomic mass is 10.1. The summed E-state index contributed by atoms with van der Waals surface area (Å²) in [6.07, 6.45) is 2.46. The van der Waals surface area contributed by atoms with E-state index in [0.717, 1.165) is 16.2 Å². The Balaban J connectivity index is 1.67. The van der Waals surface area contributed by atoms with Crippen LogP contribution in [0.4, 0.5) is 0 Å². The van der Waals surface area contributed by atoms with Gasteiger partial charge in [0.25, 0.3) is 0 Å². The number of carbonyl (C=O) groups is 1. The van der Waals surface area contributed by atoms with Crippen LogP contribution in [-0.2, 0) is 11.4 Å². The lowest BCUT2D eigenvalue weighted by Crippen LogP contribution is -2.01. The first-order valence-electron chi connectivity index (χ1n) is 8.21. The zero-order valence-corrected chi connectivity index (χ0v) is 15.7. The molecule has 2 unspecified atom stereocenters. The molecule has 0 radical (unpaired) electrons. The minimum absolute atomic E-state index is 0.0661. The van der Waals surface area contributed by atoms with Crippen molar-refractivity contribution in [3.8, 4) is 5.75 Å². The molecule has 1 aromatic carbocycles. The molecule has 0 spiro atoms. The summed E-state index contributed by atoms with van der Waals surface area (Å²) in [4.78, 5) is 15.4. The Labute approximate surface area is 156 Å². The average Bonchev–Trinajstić information content (AvgIpc) is 3.35. The van der Waals surface area contributed by atoms with E-state index in [4.69, 9.17) is 21.4 Å². The van der Waals surface area contributed by atoms with Gasteiger partial charge in [-0.15, -0.1) is 11.8 Å². The molecule has 1 N–H and O–H groups in total. The molecule has 0 amide bonds. The summed E-state index contributed by atoms with van der Waals surface area (Å²) in [5.41, 5.74) is 1.98. The minimum Gasteiger partial charge on any atom is -0.487 e. The van der Waals surface area contributed by atoms with E-state index < -0.39 is 5.97 Å². The van der Waals surface area contributed by atoms with Crippen molar-refractivity contribution in [1.82, 2.24) is 4.98 Å². The van der Waals surface area contributed by atoms with E-state index in [-0.39, 0.29) is 11.8 Å². The smallest absolute Gasteiger partial charge is 0.307 e. The summed E-state index contributed by atoms with van der Waals surface area (Å²) in [5, 5.41) is 11.0. The molecule has 25 heavy (non-hydrogen) atoms. The third kappa shape index (κ3) is 4.47. The first-order valence-corrected chi connectivity index (χ1v) is 9.47. The Morgan fingerprint density at radius 1 is 1.44 bits per heavy atom. The SMILES string of the molecule is CC(C)Sc1ncccc1COc1ccc(C2CC2C(=O)O)cc1Cl. The van der Waals surface area contributed by atoms with Crippen LogP contribution in [-0.4, -0.2) is 21.3 Å². The van der Waals surface area contributed by atoms with Crippen molar-refractivity contribution in [2.45, 2.75) is 43.1 Å². The van der Waals surface area contributed by atoms with Crippen LogP contribution in [0, 0.1) is 5.92 Å². The molecule has 0 saturated heterocycles. The van der Waals surface area contributed by atoms with E-state index in [2.05, 4.69) is 18.8 Å². The van der Waals surface area contributed by atoms with Crippen LogP contribution < -0.4 is 4.74 Å². The highest BCUT2D eigenvalue weighted by molar-refractivity contribution is 7.99. The molecule has 1 aliphatic rings. The van der Waals surface area contributed by atoms with Crippen LogP contribution in [0.3, 0.4) is 0 Å². The van der Waals surface area contributed by atoms with Crippen molar-refractivity contribution in [2.24, 2.45) is 5.92 Å². The summed E-state index contributed by atoms with van der Waals surface area (Å²) in [6.45, 7) is 4.65. The third-order valence-electron chi connectivity index (χ3n) is 4.07. The summed E-state index contributed by atoms with van der Waals surface area (Å²) < 4.78 is 5.87. The molecule has 1 saturated carbocycles. The van der Waals surface area contributed by atoms with Gasteiger partial charge in [-0.05, 0) is 36.1 Å².